The molecular formula is C7H12O2. The van der Waals surface area contributed by atoms with E-state index in [2.05, 4.69) is 6.58 Å². The molecule has 0 rings (SSSR count). The van der Waals surface area contributed by atoms with Crippen LogP contribution in [0, 0.1) is 0 Å². The molecule has 2 heteroatoms. The first-order chi connectivity index (χ1) is 3.98. The third kappa shape index (κ3) is 3.03. The van der Waals surface area contributed by atoms with Gasteiger partial charge in [0.2, 0.25) is 0 Å². The molecule has 0 radical (unpaired) electrons. The summed E-state index contributed by atoms with van der Waals surface area (Å²) in [6.07, 6.45) is 1.73. The van der Waals surface area contributed by atoms with Crippen LogP contribution in [0.25, 0.3) is 0 Å². The van der Waals surface area contributed by atoms with Gasteiger partial charge < -0.3 is 5.11 Å². The smallest absolute Gasteiger partial charge is 0.167 e. The highest BCUT2D eigenvalue weighted by Gasteiger charge is 2.21. The van der Waals surface area contributed by atoms with Crippen LogP contribution in [-0.2, 0) is 4.79 Å². The summed E-state index contributed by atoms with van der Waals surface area (Å²) in [5, 5.41) is 9.02. The molecule has 0 aliphatic heterocycles. The zero-order valence-electron chi connectivity index (χ0n) is 5.85. The quantitative estimate of drug-likeness (QED) is 0.573. The van der Waals surface area contributed by atoms with E-state index in [4.69, 9.17) is 5.11 Å². The average Bonchev–Trinajstić information content (AvgIpc) is 1.64. The molecular weight excluding hydrogens is 116 g/mol. The maximum absolute atomic E-state index is 10.7. The van der Waals surface area contributed by atoms with E-state index < -0.39 is 5.60 Å². The van der Waals surface area contributed by atoms with Gasteiger partial charge in [-0.25, -0.2) is 0 Å². The summed E-state index contributed by atoms with van der Waals surface area (Å²) in [6, 6.07) is 0. The van der Waals surface area contributed by atoms with Crippen LogP contribution in [-0.4, -0.2) is 16.5 Å². The van der Waals surface area contributed by atoms with Crippen molar-refractivity contribution in [2.75, 3.05) is 0 Å². The van der Waals surface area contributed by atoms with Gasteiger partial charge in [0, 0.05) is 6.42 Å². The summed E-state index contributed by atoms with van der Waals surface area (Å²) in [7, 11) is 0. The van der Waals surface area contributed by atoms with Crippen molar-refractivity contribution in [3.63, 3.8) is 0 Å². The maximum Gasteiger partial charge on any atom is 0.167 e. The van der Waals surface area contributed by atoms with Crippen molar-refractivity contribution in [1.29, 1.82) is 0 Å². The minimum atomic E-state index is -1.20. The Balaban J connectivity index is 3.88. The van der Waals surface area contributed by atoms with Gasteiger partial charge in [0.15, 0.2) is 5.78 Å². The summed E-state index contributed by atoms with van der Waals surface area (Å²) in [5.74, 6) is -0.197. The summed E-state index contributed by atoms with van der Waals surface area (Å²) >= 11 is 0. The fourth-order valence-corrected chi connectivity index (χ4v) is 0.381. The van der Waals surface area contributed by atoms with E-state index in [9.17, 15) is 4.79 Å². The zero-order valence-corrected chi connectivity index (χ0v) is 5.85. The Hall–Kier alpha value is -0.630. The van der Waals surface area contributed by atoms with Gasteiger partial charge in [0.05, 0.1) is 0 Å². The number of carbonyl (C=O) groups is 1. The number of allylic oxidation sites excluding steroid dienone is 1. The summed E-state index contributed by atoms with van der Waals surface area (Å²) in [4.78, 5) is 10.7. The van der Waals surface area contributed by atoms with Crippen molar-refractivity contribution < 1.29 is 9.90 Å². The van der Waals surface area contributed by atoms with Gasteiger partial charge >= 0.3 is 0 Å². The Morgan fingerprint density at radius 1 is 1.78 bits per heavy atom. The Morgan fingerprint density at radius 2 is 2.22 bits per heavy atom. The van der Waals surface area contributed by atoms with Crippen molar-refractivity contribution in [2.45, 2.75) is 25.9 Å². The molecule has 52 valence electrons. The van der Waals surface area contributed by atoms with Crippen LogP contribution in [0.1, 0.15) is 20.3 Å². The number of rotatable bonds is 3. The van der Waals surface area contributed by atoms with Crippen LogP contribution in [0.2, 0.25) is 0 Å². The van der Waals surface area contributed by atoms with E-state index in [1.807, 2.05) is 0 Å². The number of hydrogen-bond donors (Lipinski definition) is 1. The molecule has 0 saturated heterocycles. The fourth-order valence-electron chi connectivity index (χ4n) is 0.381. The molecule has 0 unspecified atom stereocenters. The molecule has 0 fully saturated rings. The second kappa shape index (κ2) is 2.78. The first-order valence-corrected chi connectivity index (χ1v) is 2.85. The Kier molecular flexibility index (Phi) is 2.59. The minimum Gasteiger partial charge on any atom is -0.383 e. The highest BCUT2D eigenvalue weighted by Crippen LogP contribution is 2.05. The zero-order chi connectivity index (χ0) is 7.49. The van der Waals surface area contributed by atoms with Gasteiger partial charge in [0.1, 0.15) is 5.60 Å². The fraction of sp³-hybridized carbons (Fsp3) is 0.571. The van der Waals surface area contributed by atoms with E-state index in [-0.39, 0.29) is 12.2 Å². The molecule has 0 heterocycles. The number of carbonyl (C=O) groups excluding carboxylic acids is 1. The molecule has 0 aromatic heterocycles. The third-order valence-electron chi connectivity index (χ3n) is 1.01. The summed E-state index contributed by atoms with van der Waals surface area (Å²) in [6.45, 7) is 6.32. The predicted octanol–water partition coefficient (Wildman–Crippen LogP) is 0.902. The monoisotopic (exact) mass is 128 g/mol. The Morgan fingerprint density at radius 3 is 2.33 bits per heavy atom. The van der Waals surface area contributed by atoms with E-state index in [1.165, 1.54) is 19.9 Å². The molecule has 2 nitrogen and oxygen atoms in total. The van der Waals surface area contributed by atoms with Crippen LogP contribution in [0.15, 0.2) is 12.7 Å². The van der Waals surface area contributed by atoms with Crippen molar-refractivity contribution in [1.82, 2.24) is 0 Å². The van der Waals surface area contributed by atoms with Gasteiger partial charge in [0.25, 0.3) is 0 Å². The molecule has 0 amide bonds. The normalized spacial score (nSPS) is 11.0. The molecule has 0 bridgehead atoms. The lowest BCUT2D eigenvalue weighted by Gasteiger charge is -2.13. The van der Waals surface area contributed by atoms with Crippen LogP contribution < -0.4 is 0 Å². The second-order valence-corrected chi connectivity index (χ2v) is 2.47. The van der Waals surface area contributed by atoms with Crippen LogP contribution in [0.3, 0.4) is 0 Å². The van der Waals surface area contributed by atoms with Crippen LogP contribution in [0.4, 0.5) is 0 Å². The Bertz CT molecular complexity index is 119. The highest BCUT2D eigenvalue weighted by molar-refractivity contribution is 5.87. The van der Waals surface area contributed by atoms with Gasteiger partial charge in [-0.1, -0.05) is 6.08 Å². The van der Waals surface area contributed by atoms with Crippen LogP contribution in [0.5, 0.6) is 0 Å². The Labute approximate surface area is 55.2 Å². The van der Waals surface area contributed by atoms with Gasteiger partial charge in [-0.05, 0) is 13.8 Å². The van der Waals surface area contributed by atoms with Gasteiger partial charge in [-0.15, -0.1) is 6.58 Å². The lowest BCUT2D eigenvalue weighted by Crippen LogP contribution is -2.30. The van der Waals surface area contributed by atoms with Gasteiger partial charge in [-0.3, -0.25) is 4.79 Å². The van der Waals surface area contributed by atoms with E-state index in [0.717, 1.165) is 0 Å². The van der Waals surface area contributed by atoms with Gasteiger partial charge in [-0.2, -0.15) is 0 Å². The summed E-state index contributed by atoms with van der Waals surface area (Å²) < 4.78 is 0. The SMILES string of the molecule is C=CCC(=O)C(C)(C)O. The standard InChI is InChI=1S/C7H12O2/c1-4-5-6(8)7(2,3)9/h4,9H,1,5H2,2-3H3. The molecule has 0 atom stereocenters. The molecule has 0 aromatic carbocycles. The summed E-state index contributed by atoms with van der Waals surface area (Å²) in [5.41, 5.74) is -1.20. The van der Waals surface area contributed by atoms with Crippen molar-refractivity contribution in [3.05, 3.63) is 12.7 Å². The molecule has 0 spiro atoms. The second-order valence-electron chi connectivity index (χ2n) is 2.47. The van der Waals surface area contributed by atoms with Crippen molar-refractivity contribution in [2.24, 2.45) is 0 Å². The molecule has 0 aliphatic carbocycles. The van der Waals surface area contributed by atoms with Crippen LogP contribution >= 0.6 is 0 Å². The number of ketones is 1. The number of aliphatic hydroxyl groups is 1. The molecule has 0 aliphatic rings. The maximum atomic E-state index is 10.7. The lowest BCUT2D eigenvalue weighted by molar-refractivity contribution is -0.133. The number of hydrogen-bond acceptors (Lipinski definition) is 2. The predicted molar refractivity (Wildman–Crippen MR) is 36.1 cm³/mol. The average molecular weight is 128 g/mol. The number of Topliss-reactive ketones (excluding diaryl/α,β-unsaturated/α-hetero) is 1. The van der Waals surface area contributed by atoms with E-state index in [0.29, 0.717) is 0 Å². The molecule has 9 heavy (non-hydrogen) atoms. The van der Waals surface area contributed by atoms with Crippen molar-refractivity contribution >= 4 is 5.78 Å². The van der Waals surface area contributed by atoms with Crippen molar-refractivity contribution in [3.8, 4) is 0 Å². The molecule has 1 N–H and O–H groups in total. The lowest BCUT2D eigenvalue weighted by atomic mass is 10.0. The first kappa shape index (κ1) is 8.37. The minimum absolute atomic E-state index is 0.197. The third-order valence-corrected chi connectivity index (χ3v) is 1.01. The van der Waals surface area contributed by atoms with E-state index in [1.54, 1.807) is 0 Å². The first-order valence-electron chi connectivity index (χ1n) is 2.85. The van der Waals surface area contributed by atoms with E-state index >= 15 is 0 Å². The largest absolute Gasteiger partial charge is 0.383 e. The molecule has 0 saturated carbocycles. The topological polar surface area (TPSA) is 37.3 Å². The molecule has 0 aromatic rings. The highest BCUT2D eigenvalue weighted by atomic mass is 16.3.